The lowest BCUT2D eigenvalue weighted by molar-refractivity contribution is 0.491. The quantitative estimate of drug-likeness (QED) is 0.795. The van der Waals surface area contributed by atoms with Crippen LogP contribution in [0.3, 0.4) is 0 Å². The van der Waals surface area contributed by atoms with Gasteiger partial charge in [0, 0.05) is 6.54 Å². The maximum Gasteiger partial charge on any atom is 0.143 e. The van der Waals surface area contributed by atoms with Crippen LogP contribution in [0.15, 0.2) is 18.2 Å². The molecule has 0 saturated heterocycles. The van der Waals surface area contributed by atoms with Crippen LogP contribution in [0.2, 0.25) is 0 Å². The maximum atomic E-state index is 13.3. The summed E-state index contributed by atoms with van der Waals surface area (Å²) in [4.78, 5) is 0. The number of halogens is 1. The summed E-state index contributed by atoms with van der Waals surface area (Å²) in [6.45, 7) is 0.814. The Kier molecular flexibility index (Phi) is 4.58. The second-order valence-corrected chi connectivity index (χ2v) is 4.99. The fourth-order valence-corrected chi connectivity index (χ4v) is 2.70. The molecule has 0 radical (unpaired) electrons. The van der Waals surface area contributed by atoms with Crippen LogP contribution in [-0.2, 0) is 0 Å². The Hall–Kier alpha value is -1.56. The summed E-state index contributed by atoms with van der Waals surface area (Å²) in [5.41, 5.74) is 0.738. The van der Waals surface area contributed by atoms with Gasteiger partial charge in [0.25, 0.3) is 0 Å². The van der Waals surface area contributed by atoms with E-state index in [1.807, 2.05) is 6.07 Å². The summed E-state index contributed by atoms with van der Waals surface area (Å²) in [6.07, 6.45) is 7.81. The van der Waals surface area contributed by atoms with E-state index in [1.54, 1.807) is 12.1 Å². The summed E-state index contributed by atoms with van der Waals surface area (Å²) in [5, 5.41) is 12.1. The molecule has 0 aliphatic heterocycles. The second-order valence-electron chi connectivity index (χ2n) is 4.99. The summed E-state index contributed by atoms with van der Waals surface area (Å²) < 4.78 is 13.3. The first kappa shape index (κ1) is 12.9. The molecule has 0 bridgehead atoms. The Balaban J connectivity index is 1.79. The molecule has 3 heteroatoms. The number of nitrogens with one attached hydrogen (secondary N) is 1. The van der Waals surface area contributed by atoms with Crippen molar-refractivity contribution in [1.29, 1.82) is 5.26 Å². The SMILES string of the molecule is N#Cc1c(F)cccc1NCCCC1CCCC1. The third-order valence-electron chi connectivity index (χ3n) is 3.70. The molecule has 0 spiro atoms. The predicted octanol–water partition coefficient (Wildman–Crippen LogP) is 4.08. The van der Waals surface area contributed by atoms with E-state index in [9.17, 15) is 4.39 Å². The van der Waals surface area contributed by atoms with Crippen molar-refractivity contribution in [2.75, 3.05) is 11.9 Å². The van der Waals surface area contributed by atoms with Crippen LogP contribution in [0.4, 0.5) is 10.1 Å². The van der Waals surface area contributed by atoms with Gasteiger partial charge in [0.1, 0.15) is 17.4 Å². The molecule has 1 aliphatic rings. The van der Waals surface area contributed by atoms with Crippen molar-refractivity contribution in [2.45, 2.75) is 38.5 Å². The molecule has 0 atom stereocenters. The van der Waals surface area contributed by atoms with E-state index in [0.717, 1.165) is 18.9 Å². The van der Waals surface area contributed by atoms with Gasteiger partial charge in [-0.2, -0.15) is 5.26 Å². The van der Waals surface area contributed by atoms with Gasteiger partial charge in [-0.1, -0.05) is 31.7 Å². The molecule has 18 heavy (non-hydrogen) atoms. The molecule has 0 aromatic heterocycles. The van der Waals surface area contributed by atoms with Crippen LogP contribution in [0.5, 0.6) is 0 Å². The third-order valence-corrected chi connectivity index (χ3v) is 3.70. The van der Waals surface area contributed by atoms with Crippen LogP contribution in [0.1, 0.15) is 44.1 Å². The lowest BCUT2D eigenvalue weighted by atomic mass is 10.0. The highest BCUT2D eigenvalue weighted by Crippen LogP contribution is 2.28. The zero-order valence-corrected chi connectivity index (χ0v) is 10.6. The zero-order valence-electron chi connectivity index (χ0n) is 10.6. The van der Waals surface area contributed by atoms with Gasteiger partial charge in [-0.15, -0.1) is 0 Å². The van der Waals surface area contributed by atoms with Crippen molar-refractivity contribution in [1.82, 2.24) is 0 Å². The number of rotatable bonds is 5. The molecule has 0 unspecified atom stereocenters. The first-order chi connectivity index (χ1) is 8.81. The van der Waals surface area contributed by atoms with Crippen molar-refractivity contribution in [3.05, 3.63) is 29.6 Å². The van der Waals surface area contributed by atoms with E-state index < -0.39 is 5.82 Å². The topological polar surface area (TPSA) is 35.8 Å². The fraction of sp³-hybridized carbons (Fsp3) is 0.533. The van der Waals surface area contributed by atoms with E-state index in [2.05, 4.69) is 5.32 Å². The zero-order chi connectivity index (χ0) is 12.8. The van der Waals surface area contributed by atoms with Crippen molar-refractivity contribution in [2.24, 2.45) is 5.92 Å². The standard InChI is InChI=1S/C15H19FN2/c16-14-8-3-9-15(13(14)11-17)18-10-4-7-12-5-1-2-6-12/h3,8-9,12,18H,1-2,4-7,10H2. The lowest BCUT2D eigenvalue weighted by Crippen LogP contribution is -2.06. The molecule has 96 valence electrons. The van der Waals surface area contributed by atoms with Gasteiger partial charge < -0.3 is 5.32 Å². The molecule has 1 aromatic carbocycles. The van der Waals surface area contributed by atoms with Crippen LogP contribution in [0, 0.1) is 23.1 Å². The average Bonchev–Trinajstić information content (AvgIpc) is 2.88. The molecule has 1 aromatic rings. The van der Waals surface area contributed by atoms with Crippen LogP contribution >= 0.6 is 0 Å². The number of hydrogen-bond acceptors (Lipinski definition) is 2. The van der Waals surface area contributed by atoms with Crippen LogP contribution in [0.25, 0.3) is 0 Å². The predicted molar refractivity (Wildman–Crippen MR) is 70.8 cm³/mol. The molecular weight excluding hydrogens is 227 g/mol. The Labute approximate surface area is 108 Å². The monoisotopic (exact) mass is 246 g/mol. The van der Waals surface area contributed by atoms with Crippen molar-refractivity contribution in [3.8, 4) is 6.07 Å². The summed E-state index contributed by atoms with van der Waals surface area (Å²) in [7, 11) is 0. The van der Waals surface area contributed by atoms with Gasteiger partial charge >= 0.3 is 0 Å². The van der Waals surface area contributed by atoms with Crippen molar-refractivity contribution >= 4 is 5.69 Å². The third kappa shape index (κ3) is 3.22. The minimum atomic E-state index is -0.446. The average molecular weight is 246 g/mol. The highest BCUT2D eigenvalue weighted by atomic mass is 19.1. The molecule has 1 N–H and O–H groups in total. The van der Waals surface area contributed by atoms with Crippen molar-refractivity contribution < 1.29 is 4.39 Å². The minimum absolute atomic E-state index is 0.123. The first-order valence-corrected chi connectivity index (χ1v) is 6.73. The van der Waals surface area contributed by atoms with E-state index in [0.29, 0.717) is 5.69 Å². The van der Waals surface area contributed by atoms with Gasteiger partial charge in [-0.3, -0.25) is 0 Å². The minimum Gasteiger partial charge on any atom is -0.384 e. The van der Waals surface area contributed by atoms with Crippen LogP contribution in [-0.4, -0.2) is 6.54 Å². The Morgan fingerprint density at radius 3 is 2.83 bits per heavy atom. The first-order valence-electron chi connectivity index (χ1n) is 6.73. The molecule has 0 heterocycles. The fourth-order valence-electron chi connectivity index (χ4n) is 2.70. The van der Waals surface area contributed by atoms with Gasteiger partial charge in [-0.05, 0) is 30.9 Å². The number of nitrogens with zero attached hydrogens (tertiary/aromatic N) is 1. The Bertz CT molecular complexity index is 431. The number of hydrogen-bond donors (Lipinski definition) is 1. The largest absolute Gasteiger partial charge is 0.384 e. The molecule has 2 nitrogen and oxygen atoms in total. The van der Waals surface area contributed by atoms with E-state index in [-0.39, 0.29) is 5.56 Å². The van der Waals surface area contributed by atoms with Crippen molar-refractivity contribution in [3.63, 3.8) is 0 Å². The van der Waals surface area contributed by atoms with Crippen LogP contribution < -0.4 is 5.32 Å². The lowest BCUT2D eigenvalue weighted by Gasteiger charge is -2.11. The molecule has 1 fully saturated rings. The van der Waals surface area contributed by atoms with E-state index in [4.69, 9.17) is 5.26 Å². The molecule has 1 aliphatic carbocycles. The maximum absolute atomic E-state index is 13.3. The molecule has 2 rings (SSSR count). The summed E-state index contributed by atoms with van der Waals surface area (Å²) in [6, 6.07) is 6.63. The van der Waals surface area contributed by atoms with Gasteiger partial charge in [0.15, 0.2) is 0 Å². The smallest absolute Gasteiger partial charge is 0.143 e. The number of nitriles is 1. The number of benzene rings is 1. The highest BCUT2D eigenvalue weighted by Gasteiger charge is 2.14. The molecule has 0 amide bonds. The Morgan fingerprint density at radius 1 is 1.33 bits per heavy atom. The van der Waals surface area contributed by atoms with Gasteiger partial charge in [-0.25, -0.2) is 4.39 Å². The number of anilines is 1. The van der Waals surface area contributed by atoms with Gasteiger partial charge in [0.2, 0.25) is 0 Å². The van der Waals surface area contributed by atoms with E-state index >= 15 is 0 Å². The normalized spacial score (nSPS) is 15.6. The highest BCUT2D eigenvalue weighted by molar-refractivity contribution is 5.57. The Morgan fingerprint density at radius 2 is 2.11 bits per heavy atom. The molecular formula is C15H19FN2. The van der Waals surface area contributed by atoms with Gasteiger partial charge in [0.05, 0.1) is 5.69 Å². The molecule has 1 saturated carbocycles. The summed E-state index contributed by atoms with van der Waals surface area (Å²) >= 11 is 0. The summed E-state index contributed by atoms with van der Waals surface area (Å²) in [5.74, 6) is 0.438. The second kappa shape index (κ2) is 6.39. The van der Waals surface area contributed by atoms with E-state index in [1.165, 1.54) is 38.2 Å².